The van der Waals surface area contributed by atoms with E-state index in [-0.39, 0.29) is 0 Å². The van der Waals surface area contributed by atoms with Crippen molar-refractivity contribution >= 4 is 17.2 Å². The van der Waals surface area contributed by atoms with Crippen molar-refractivity contribution in [3.63, 3.8) is 0 Å². The van der Waals surface area contributed by atoms with E-state index in [0.29, 0.717) is 11.6 Å². The lowest BCUT2D eigenvalue weighted by molar-refractivity contribution is 0.847. The van der Waals surface area contributed by atoms with Gasteiger partial charge in [0.1, 0.15) is 0 Å². The molecule has 1 aromatic rings. The van der Waals surface area contributed by atoms with Crippen LogP contribution in [0.25, 0.3) is 5.57 Å². The topological polar surface area (TPSA) is 12.0 Å². The van der Waals surface area contributed by atoms with Crippen LogP contribution in [0.4, 0.5) is 0 Å². The third kappa shape index (κ3) is 3.77. The minimum absolute atomic E-state index is 0.617. The van der Waals surface area contributed by atoms with Gasteiger partial charge in [0.15, 0.2) is 0 Å². The van der Waals surface area contributed by atoms with Gasteiger partial charge in [-0.15, -0.1) is 0 Å². The van der Waals surface area contributed by atoms with Gasteiger partial charge < -0.3 is 5.32 Å². The van der Waals surface area contributed by atoms with Gasteiger partial charge >= 0.3 is 0 Å². The molecule has 0 aliphatic carbocycles. The molecule has 0 saturated heterocycles. The van der Waals surface area contributed by atoms with Crippen molar-refractivity contribution in [2.24, 2.45) is 0 Å². The van der Waals surface area contributed by atoms with Gasteiger partial charge in [0.2, 0.25) is 0 Å². The van der Waals surface area contributed by atoms with E-state index in [4.69, 9.17) is 11.6 Å². The first-order valence-electron chi connectivity index (χ1n) is 4.47. The van der Waals surface area contributed by atoms with Crippen molar-refractivity contribution < 1.29 is 0 Å². The summed E-state index contributed by atoms with van der Waals surface area (Å²) in [5.41, 5.74) is 2.21. The molecule has 0 spiro atoms. The van der Waals surface area contributed by atoms with E-state index in [1.54, 1.807) is 0 Å². The van der Waals surface area contributed by atoms with Crippen LogP contribution < -0.4 is 5.32 Å². The fourth-order valence-corrected chi connectivity index (χ4v) is 1.22. The second-order valence-electron chi connectivity index (χ2n) is 3.09. The number of hydrogen-bond donors (Lipinski definition) is 1. The van der Waals surface area contributed by atoms with E-state index in [1.165, 1.54) is 0 Å². The Kier molecular flexibility index (Phi) is 4.44. The van der Waals surface area contributed by atoms with Crippen LogP contribution >= 0.6 is 11.6 Å². The van der Waals surface area contributed by atoms with Crippen LogP contribution in [-0.2, 0) is 0 Å². The second kappa shape index (κ2) is 5.63. The Morgan fingerprint density at radius 3 is 2.36 bits per heavy atom. The van der Waals surface area contributed by atoms with Crippen molar-refractivity contribution in [3.05, 3.63) is 54.1 Å². The summed E-state index contributed by atoms with van der Waals surface area (Å²) in [7, 11) is 0. The highest BCUT2D eigenvalue weighted by molar-refractivity contribution is 6.29. The van der Waals surface area contributed by atoms with Crippen LogP contribution in [-0.4, -0.2) is 13.1 Å². The zero-order chi connectivity index (χ0) is 10.4. The zero-order valence-electron chi connectivity index (χ0n) is 8.09. The van der Waals surface area contributed by atoms with Gasteiger partial charge in [0.05, 0.1) is 0 Å². The summed E-state index contributed by atoms with van der Waals surface area (Å²) >= 11 is 5.62. The lowest BCUT2D eigenvalue weighted by Crippen LogP contribution is -2.17. The van der Waals surface area contributed by atoms with Crippen LogP contribution in [0.5, 0.6) is 0 Å². The average molecular weight is 208 g/mol. The van der Waals surface area contributed by atoms with Crippen molar-refractivity contribution in [2.45, 2.75) is 0 Å². The Balaban J connectivity index is 2.40. The summed E-state index contributed by atoms with van der Waals surface area (Å²) in [5, 5.41) is 3.77. The fraction of sp³-hybridized carbons (Fsp3) is 0.167. The van der Waals surface area contributed by atoms with E-state index in [2.05, 4.69) is 18.5 Å². The van der Waals surface area contributed by atoms with Gasteiger partial charge in [0, 0.05) is 18.1 Å². The maximum atomic E-state index is 5.62. The molecule has 0 aliphatic rings. The SMILES string of the molecule is C=C(Cl)CNCC(=C)c1ccccc1. The number of rotatable bonds is 5. The molecule has 0 saturated carbocycles. The Morgan fingerprint density at radius 2 is 1.79 bits per heavy atom. The van der Waals surface area contributed by atoms with Crippen LogP contribution in [0.15, 0.2) is 48.5 Å². The first kappa shape index (κ1) is 11.0. The minimum atomic E-state index is 0.617. The van der Waals surface area contributed by atoms with Crippen molar-refractivity contribution in [1.29, 1.82) is 0 Å². The molecule has 1 nitrogen and oxygen atoms in total. The Morgan fingerprint density at radius 1 is 1.14 bits per heavy atom. The Labute approximate surface area is 90.1 Å². The van der Waals surface area contributed by atoms with Crippen molar-refractivity contribution in [2.75, 3.05) is 13.1 Å². The summed E-state index contributed by atoms with van der Waals surface area (Å²) in [6.07, 6.45) is 0. The molecule has 74 valence electrons. The molecule has 0 amide bonds. The first-order chi connectivity index (χ1) is 6.70. The van der Waals surface area contributed by atoms with Gasteiger partial charge in [0.25, 0.3) is 0 Å². The van der Waals surface area contributed by atoms with Gasteiger partial charge in [-0.1, -0.05) is 55.1 Å². The molecule has 0 bridgehead atoms. The lowest BCUT2D eigenvalue weighted by atomic mass is 10.1. The molecule has 0 unspecified atom stereocenters. The maximum Gasteiger partial charge on any atom is 0.0310 e. The quantitative estimate of drug-likeness (QED) is 0.783. The van der Waals surface area contributed by atoms with E-state index in [9.17, 15) is 0 Å². The van der Waals surface area contributed by atoms with Crippen molar-refractivity contribution in [3.8, 4) is 0 Å². The summed E-state index contributed by atoms with van der Waals surface area (Å²) in [6, 6.07) is 10.1. The monoisotopic (exact) mass is 207 g/mol. The fourth-order valence-electron chi connectivity index (χ4n) is 1.12. The highest BCUT2D eigenvalue weighted by Gasteiger charge is 1.96. The first-order valence-corrected chi connectivity index (χ1v) is 4.85. The molecule has 0 aliphatic heterocycles. The normalized spacial score (nSPS) is 9.79. The van der Waals surface area contributed by atoms with Crippen LogP contribution in [0.3, 0.4) is 0 Å². The zero-order valence-corrected chi connectivity index (χ0v) is 8.85. The van der Waals surface area contributed by atoms with E-state index < -0.39 is 0 Å². The van der Waals surface area contributed by atoms with Crippen LogP contribution in [0.1, 0.15) is 5.56 Å². The largest absolute Gasteiger partial charge is 0.308 e. The van der Waals surface area contributed by atoms with Gasteiger partial charge in [-0.05, 0) is 11.1 Å². The molecule has 0 heterocycles. The lowest BCUT2D eigenvalue weighted by Gasteiger charge is -2.06. The maximum absolute atomic E-state index is 5.62. The van der Waals surface area contributed by atoms with E-state index in [1.807, 2.05) is 30.3 Å². The number of hydrogen-bond acceptors (Lipinski definition) is 1. The Hall–Kier alpha value is -1.05. The molecule has 1 N–H and O–H groups in total. The summed E-state index contributed by atoms with van der Waals surface area (Å²) in [6.45, 7) is 8.93. The molecule has 0 atom stereocenters. The van der Waals surface area contributed by atoms with E-state index >= 15 is 0 Å². The predicted octanol–water partition coefficient (Wildman–Crippen LogP) is 3.04. The second-order valence-corrected chi connectivity index (χ2v) is 3.62. The minimum Gasteiger partial charge on any atom is -0.308 e. The van der Waals surface area contributed by atoms with Gasteiger partial charge in [-0.3, -0.25) is 0 Å². The summed E-state index contributed by atoms with van der Waals surface area (Å²) in [4.78, 5) is 0. The molecule has 1 rings (SSSR count). The smallest absolute Gasteiger partial charge is 0.0310 e. The third-order valence-electron chi connectivity index (χ3n) is 1.84. The molecule has 0 fully saturated rings. The highest BCUT2D eigenvalue weighted by Crippen LogP contribution is 2.09. The highest BCUT2D eigenvalue weighted by atomic mass is 35.5. The molecule has 0 aromatic heterocycles. The molecule has 2 heteroatoms. The van der Waals surface area contributed by atoms with Crippen LogP contribution in [0, 0.1) is 0 Å². The predicted molar refractivity (Wildman–Crippen MR) is 63.3 cm³/mol. The number of benzene rings is 1. The number of halogens is 1. The van der Waals surface area contributed by atoms with Gasteiger partial charge in [-0.25, -0.2) is 0 Å². The molecule has 0 radical (unpaired) electrons. The van der Waals surface area contributed by atoms with E-state index in [0.717, 1.165) is 17.7 Å². The molecule has 14 heavy (non-hydrogen) atoms. The molecular formula is C12H14ClN. The third-order valence-corrected chi connectivity index (χ3v) is 1.97. The molecule has 1 aromatic carbocycles. The average Bonchev–Trinajstić information content (AvgIpc) is 2.18. The molecular weight excluding hydrogens is 194 g/mol. The summed E-state index contributed by atoms with van der Waals surface area (Å²) < 4.78 is 0. The standard InChI is InChI=1S/C12H14ClN/c1-10(8-14-9-11(2)13)12-6-4-3-5-7-12/h3-7,14H,1-2,8-9H2. The Bertz CT molecular complexity index is 316. The number of nitrogens with one attached hydrogen (secondary N) is 1. The summed E-state index contributed by atoms with van der Waals surface area (Å²) in [5.74, 6) is 0. The van der Waals surface area contributed by atoms with Crippen molar-refractivity contribution in [1.82, 2.24) is 5.32 Å². The van der Waals surface area contributed by atoms with Gasteiger partial charge in [-0.2, -0.15) is 0 Å². The van der Waals surface area contributed by atoms with Crippen LogP contribution in [0.2, 0.25) is 0 Å².